The van der Waals surface area contributed by atoms with E-state index in [1.807, 2.05) is 35.7 Å². The zero-order chi connectivity index (χ0) is 14.1. The number of hydrogen-bond acceptors (Lipinski definition) is 3. The minimum absolute atomic E-state index is 0.294. The second-order valence-corrected chi connectivity index (χ2v) is 6.61. The monoisotopic (exact) mass is 282 g/mol. The molecule has 1 aromatic carbocycles. The van der Waals surface area contributed by atoms with Crippen LogP contribution in [0.1, 0.15) is 28.3 Å². The number of fused-ring (bicyclic) bond motifs is 1. The number of anilines is 1. The molecular formula is C17H18N2S. The Morgan fingerprint density at radius 1 is 1.15 bits per heavy atom. The lowest BCUT2D eigenvalue weighted by Crippen LogP contribution is -2.06. The third-order valence-electron chi connectivity index (χ3n) is 3.52. The van der Waals surface area contributed by atoms with Crippen molar-refractivity contribution in [1.82, 2.24) is 4.98 Å². The fraction of sp³-hybridized carbons (Fsp3) is 0.235. The third-order valence-corrected chi connectivity index (χ3v) is 4.50. The Hall–Kier alpha value is -1.87. The van der Waals surface area contributed by atoms with E-state index in [1.165, 1.54) is 20.7 Å². The molecule has 0 saturated carbocycles. The van der Waals surface area contributed by atoms with Crippen LogP contribution < -0.4 is 5.32 Å². The number of aryl methyl sites for hydroxylation is 2. The minimum atomic E-state index is 0.294. The number of aromatic nitrogens is 1. The summed E-state index contributed by atoms with van der Waals surface area (Å²) in [6.07, 6.45) is 1.91. The van der Waals surface area contributed by atoms with E-state index in [0.29, 0.717) is 6.04 Å². The van der Waals surface area contributed by atoms with Gasteiger partial charge in [-0.2, -0.15) is 0 Å². The fourth-order valence-corrected chi connectivity index (χ4v) is 3.58. The van der Waals surface area contributed by atoms with Crippen LogP contribution in [0.15, 0.2) is 42.6 Å². The molecule has 1 N–H and O–H groups in total. The summed E-state index contributed by atoms with van der Waals surface area (Å²) < 4.78 is 0. The first-order chi connectivity index (χ1) is 9.63. The molecule has 2 heterocycles. The highest BCUT2D eigenvalue weighted by Gasteiger charge is 2.11. The molecule has 3 heteroatoms. The number of para-hydroxylation sites is 1. The molecule has 102 valence electrons. The van der Waals surface area contributed by atoms with Gasteiger partial charge in [0.05, 0.1) is 17.4 Å². The van der Waals surface area contributed by atoms with Crippen LogP contribution in [0.25, 0.3) is 10.9 Å². The summed E-state index contributed by atoms with van der Waals surface area (Å²) in [5.74, 6) is 0. The summed E-state index contributed by atoms with van der Waals surface area (Å²) in [4.78, 5) is 7.24. The van der Waals surface area contributed by atoms with Crippen molar-refractivity contribution in [2.75, 3.05) is 5.32 Å². The van der Waals surface area contributed by atoms with Crippen LogP contribution in [0.4, 0.5) is 5.69 Å². The van der Waals surface area contributed by atoms with E-state index in [1.54, 1.807) is 0 Å². The Balaban J connectivity index is 1.87. The van der Waals surface area contributed by atoms with Gasteiger partial charge in [0.2, 0.25) is 0 Å². The van der Waals surface area contributed by atoms with Crippen LogP contribution >= 0.6 is 11.3 Å². The number of hydrogen-bond donors (Lipinski definition) is 1. The maximum absolute atomic E-state index is 4.50. The first kappa shape index (κ1) is 13.1. The Morgan fingerprint density at radius 3 is 2.70 bits per heavy atom. The maximum Gasteiger partial charge on any atom is 0.0703 e. The van der Waals surface area contributed by atoms with Crippen molar-refractivity contribution in [3.05, 3.63) is 57.9 Å². The number of thiophene rings is 1. The van der Waals surface area contributed by atoms with E-state index >= 15 is 0 Å². The van der Waals surface area contributed by atoms with Crippen LogP contribution in [-0.4, -0.2) is 4.98 Å². The molecule has 0 saturated heterocycles. The standard InChI is InChI=1S/C17H18N2S/c1-11-8-16(13(3)20-11)12(2)19-15-9-14-6-4-5-7-17(14)18-10-15/h4-10,12,19H,1-3H3. The van der Waals surface area contributed by atoms with Crippen LogP contribution in [0, 0.1) is 13.8 Å². The van der Waals surface area contributed by atoms with E-state index in [4.69, 9.17) is 0 Å². The Morgan fingerprint density at radius 2 is 1.95 bits per heavy atom. The lowest BCUT2D eigenvalue weighted by molar-refractivity contribution is 0.881. The summed E-state index contributed by atoms with van der Waals surface area (Å²) in [7, 11) is 0. The SMILES string of the molecule is Cc1cc(C(C)Nc2cnc3ccccc3c2)c(C)s1. The first-order valence-electron chi connectivity index (χ1n) is 6.82. The molecule has 0 aliphatic carbocycles. The van der Waals surface area contributed by atoms with Gasteiger partial charge >= 0.3 is 0 Å². The first-order valence-corrected chi connectivity index (χ1v) is 7.63. The van der Waals surface area contributed by atoms with Gasteiger partial charge in [-0.15, -0.1) is 11.3 Å². The van der Waals surface area contributed by atoms with Crippen molar-refractivity contribution < 1.29 is 0 Å². The summed E-state index contributed by atoms with van der Waals surface area (Å²) in [5.41, 5.74) is 3.48. The summed E-state index contributed by atoms with van der Waals surface area (Å²) in [6.45, 7) is 6.54. The van der Waals surface area contributed by atoms with Crippen molar-refractivity contribution >= 4 is 27.9 Å². The predicted octanol–water partition coefficient (Wildman–Crippen LogP) is 5.09. The second kappa shape index (κ2) is 5.25. The highest BCUT2D eigenvalue weighted by molar-refractivity contribution is 7.12. The Bertz CT molecular complexity index is 746. The average molecular weight is 282 g/mol. The fourth-order valence-electron chi connectivity index (χ4n) is 2.56. The average Bonchev–Trinajstić information content (AvgIpc) is 2.78. The van der Waals surface area contributed by atoms with E-state index in [9.17, 15) is 0 Å². The topological polar surface area (TPSA) is 24.9 Å². The summed E-state index contributed by atoms with van der Waals surface area (Å²) in [6, 6.07) is 12.9. The Kier molecular flexibility index (Phi) is 3.45. The predicted molar refractivity (Wildman–Crippen MR) is 87.6 cm³/mol. The van der Waals surface area contributed by atoms with Crippen molar-refractivity contribution in [3.8, 4) is 0 Å². The van der Waals surface area contributed by atoms with Crippen LogP contribution in [0.3, 0.4) is 0 Å². The molecule has 3 aromatic rings. The normalized spacial score (nSPS) is 12.6. The van der Waals surface area contributed by atoms with Gasteiger partial charge < -0.3 is 5.32 Å². The summed E-state index contributed by atoms with van der Waals surface area (Å²) >= 11 is 1.86. The summed E-state index contributed by atoms with van der Waals surface area (Å²) in [5, 5.41) is 4.72. The molecule has 2 aromatic heterocycles. The maximum atomic E-state index is 4.50. The molecule has 0 aliphatic rings. The van der Waals surface area contributed by atoms with Gasteiger partial charge in [0.15, 0.2) is 0 Å². The molecule has 0 radical (unpaired) electrons. The van der Waals surface area contributed by atoms with E-state index in [0.717, 1.165) is 11.2 Å². The molecule has 20 heavy (non-hydrogen) atoms. The molecule has 0 amide bonds. The molecule has 2 nitrogen and oxygen atoms in total. The highest BCUT2D eigenvalue weighted by Crippen LogP contribution is 2.29. The van der Waals surface area contributed by atoms with Gasteiger partial charge in [0, 0.05) is 21.2 Å². The van der Waals surface area contributed by atoms with Gasteiger partial charge in [-0.25, -0.2) is 0 Å². The van der Waals surface area contributed by atoms with Crippen LogP contribution in [0.2, 0.25) is 0 Å². The lowest BCUT2D eigenvalue weighted by Gasteiger charge is -2.15. The molecule has 0 spiro atoms. The molecule has 1 atom stereocenters. The molecule has 0 aliphatic heterocycles. The van der Waals surface area contributed by atoms with Gasteiger partial charge in [-0.3, -0.25) is 4.98 Å². The minimum Gasteiger partial charge on any atom is -0.377 e. The molecule has 0 fully saturated rings. The molecule has 3 rings (SSSR count). The van der Waals surface area contributed by atoms with E-state index in [-0.39, 0.29) is 0 Å². The number of nitrogens with zero attached hydrogens (tertiary/aromatic N) is 1. The lowest BCUT2D eigenvalue weighted by atomic mass is 10.1. The van der Waals surface area contributed by atoms with Crippen molar-refractivity contribution in [3.63, 3.8) is 0 Å². The largest absolute Gasteiger partial charge is 0.377 e. The second-order valence-electron chi connectivity index (χ2n) is 5.15. The molecule has 0 bridgehead atoms. The van der Waals surface area contributed by atoms with Crippen molar-refractivity contribution in [2.24, 2.45) is 0 Å². The van der Waals surface area contributed by atoms with Crippen LogP contribution in [-0.2, 0) is 0 Å². The highest BCUT2D eigenvalue weighted by atomic mass is 32.1. The van der Waals surface area contributed by atoms with Gasteiger partial charge in [0.25, 0.3) is 0 Å². The van der Waals surface area contributed by atoms with Crippen LogP contribution in [0.5, 0.6) is 0 Å². The zero-order valence-corrected chi connectivity index (χ0v) is 12.8. The third kappa shape index (κ3) is 2.54. The van der Waals surface area contributed by atoms with E-state index in [2.05, 4.69) is 49.3 Å². The quantitative estimate of drug-likeness (QED) is 0.724. The van der Waals surface area contributed by atoms with Gasteiger partial charge in [-0.1, -0.05) is 18.2 Å². The Labute approximate surface area is 123 Å². The smallest absolute Gasteiger partial charge is 0.0703 e. The van der Waals surface area contributed by atoms with Crippen molar-refractivity contribution in [1.29, 1.82) is 0 Å². The van der Waals surface area contributed by atoms with Gasteiger partial charge in [0.1, 0.15) is 0 Å². The van der Waals surface area contributed by atoms with Gasteiger partial charge in [-0.05, 0) is 44.5 Å². The number of benzene rings is 1. The number of rotatable bonds is 3. The number of pyridine rings is 1. The molecule has 1 unspecified atom stereocenters. The van der Waals surface area contributed by atoms with Crippen molar-refractivity contribution in [2.45, 2.75) is 26.8 Å². The van der Waals surface area contributed by atoms with E-state index < -0.39 is 0 Å². The molecular weight excluding hydrogens is 264 g/mol. The zero-order valence-electron chi connectivity index (χ0n) is 12.0. The number of nitrogens with one attached hydrogen (secondary N) is 1.